The van der Waals surface area contributed by atoms with E-state index >= 15 is 0 Å². The summed E-state index contributed by atoms with van der Waals surface area (Å²) in [6, 6.07) is 20.9. The van der Waals surface area contributed by atoms with Crippen LogP contribution in [0.2, 0.25) is 0 Å². The summed E-state index contributed by atoms with van der Waals surface area (Å²) in [5, 5.41) is 2.43. The summed E-state index contributed by atoms with van der Waals surface area (Å²) in [5.41, 5.74) is 9.28. The van der Waals surface area contributed by atoms with Crippen LogP contribution in [-0.4, -0.2) is 0 Å². The van der Waals surface area contributed by atoms with Crippen molar-refractivity contribution in [2.75, 3.05) is 5.73 Å². The third-order valence-electron chi connectivity index (χ3n) is 3.09. The first kappa shape index (κ1) is 11.5. The number of rotatable bonds is 1. The predicted molar refractivity (Wildman–Crippen MR) is 86.5 cm³/mol. The molecule has 0 unspecified atom stereocenters. The molecule has 0 saturated carbocycles. The Kier molecular flexibility index (Phi) is 2.96. The topological polar surface area (TPSA) is 26.0 Å². The van der Waals surface area contributed by atoms with E-state index in [0.717, 1.165) is 11.3 Å². The van der Waals surface area contributed by atoms with E-state index in [-0.39, 0.29) is 0 Å². The molecule has 0 amide bonds. The number of nitrogens with two attached hydrogens (primary N) is 1. The van der Waals surface area contributed by atoms with Gasteiger partial charge in [-0.15, -0.1) is 0 Å². The van der Waals surface area contributed by atoms with Gasteiger partial charge in [0.25, 0.3) is 0 Å². The van der Waals surface area contributed by atoms with Crippen molar-refractivity contribution in [3.63, 3.8) is 0 Å². The van der Waals surface area contributed by atoms with Gasteiger partial charge in [-0.3, -0.25) is 0 Å². The Balaban J connectivity index is 2.33. The summed E-state index contributed by atoms with van der Waals surface area (Å²) in [7, 11) is 0. The van der Waals surface area contributed by atoms with Gasteiger partial charge in [-0.25, -0.2) is 0 Å². The van der Waals surface area contributed by atoms with E-state index in [2.05, 4.69) is 77.2 Å². The zero-order chi connectivity index (χ0) is 12.5. The lowest BCUT2D eigenvalue weighted by Crippen LogP contribution is -1.91. The maximum absolute atomic E-state index is 6.15. The minimum Gasteiger partial charge on any atom is -0.398 e. The average molecular weight is 345 g/mol. The van der Waals surface area contributed by atoms with Crippen LogP contribution in [0.3, 0.4) is 0 Å². The average Bonchev–Trinajstić information content (AvgIpc) is 2.40. The van der Waals surface area contributed by atoms with Crippen LogP contribution in [0.4, 0.5) is 5.69 Å². The third kappa shape index (κ3) is 1.97. The first-order valence-corrected chi connectivity index (χ1v) is 6.87. The normalized spacial score (nSPS) is 10.7. The molecule has 3 aromatic rings. The summed E-state index contributed by atoms with van der Waals surface area (Å²) in [6.07, 6.45) is 0. The Hall–Kier alpha value is -1.55. The van der Waals surface area contributed by atoms with Crippen molar-refractivity contribution in [1.29, 1.82) is 0 Å². The molecule has 0 fully saturated rings. The predicted octanol–water partition coefficient (Wildman–Crippen LogP) is 4.69. The van der Waals surface area contributed by atoms with Gasteiger partial charge in [0.1, 0.15) is 0 Å². The van der Waals surface area contributed by atoms with Crippen LogP contribution >= 0.6 is 22.6 Å². The molecule has 2 heteroatoms. The van der Waals surface area contributed by atoms with Crippen molar-refractivity contribution in [2.24, 2.45) is 0 Å². The van der Waals surface area contributed by atoms with Crippen molar-refractivity contribution in [2.45, 2.75) is 0 Å². The Morgan fingerprint density at radius 2 is 1.50 bits per heavy atom. The highest BCUT2D eigenvalue weighted by molar-refractivity contribution is 14.1. The van der Waals surface area contributed by atoms with Crippen LogP contribution in [0, 0.1) is 3.57 Å². The smallest absolute Gasteiger partial charge is 0.0400 e. The number of hydrogen-bond acceptors (Lipinski definition) is 1. The first-order valence-electron chi connectivity index (χ1n) is 5.79. The van der Waals surface area contributed by atoms with Crippen LogP contribution in [0.5, 0.6) is 0 Å². The molecule has 0 heterocycles. The highest BCUT2D eigenvalue weighted by atomic mass is 127. The number of benzene rings is 3. The van der Waals surface area contributed by atoms with E-state index in [4.69, 9.17) is 5.73 Å². The lowest BCUT2D eigenvalue weighted by atomic mass is 9.97. The molecule has 1 nitrogen and oxygen atoms in total. The SMILES string of the molecule is Nc1ccc2ccccc2c1-c1ccc(I)cc1. The molecule has 0 aliphatic heterocycles. The van der Waals surface area contributed by atoms with Gasteiger partial charge in [0.05, 0.1) is 0 Å². The largest absolute Gasteiger partial charge is 0.398 e. The number of hydrogen-bond donors (Lipinski definition) is 1. The minimum atomic E-state index is 0.829. The Morgan fingerprint density at radius 3 is 2.28 bits per heavy atom. The summed E-state index contributed by atoms with van der Waals surface area (Å²) in [4.78, 5) is 0. The molecule has 3 aromatic carbocycles. The summed E-state index contributed by atoms with van der Waals surface area (Å²) < 4.78 is 1.23. The van der Waals surface area contributed by atoms with Crippen LogP contribution in [-0.2, 0) is 0 Å². The molecule has 0 bridgehead atoms. The number of fused-ring (bicyclic) bond motifs is 1. The summed E-state index contributed by atoms with van der Waals surface area (Å²) >= 11 is 2.31. The molecular weight excluding hydrogens is 333 g/mol. The van der Waals surface area contributed by atoms with E-state index in [1.54, 1.807) is 0 Å². The molecule has 0 spiro atoms. The molecule has 0 saturated heterocycles. The van der Waals surface area contributed by atoms with Crippen molar-refractivity contribution in [3.8, 4) is 11.1 Å². The van der Waals surface area contributed by atoms with Crippen molar-refractivity contribution < 1.29 is 0 Å². The van der Waals surface area contributed by atoms with E-state index in [9.17, 15) is 0 Å². The summed E-state index contributed by atoms with van der Waals surface area (Å²) in [5.74, 6) is 0. The van der Waals surface area contributed by atoms with Crippen LogP contribution in [0.25, 0.3) is 21.9 Å². The second kappa shape index (κ2) is 4.61. The fraction of sp³-hybridized carbons (Fsp3) is 0. The van der Waals surface area contributed by atoms with Gasteiger partial charge in [-0.1, -0.05) is 42.5 Å². The van der Waals surface area contributed by atoms with Crippen LogP contribution in [0.15, 0.2) is 60.7 Å². The minimum absolute atomic E-state index is 0.829. The van der Waals surface area contributed by atoms with Gasteiger partial charge in [0, 0.05) is 14.8 Å². The lowest BCUT2D eigenvalue weighted by molar-refractivity contribution is 1.61. The Labute approximate surface area is 120 Å². The van der Waals surface area contributed by atoms with Gasteiger partial charge >= 0.3 is 0 Å². The summed E-state index contributed by atoms with van der Waals surface area (Å²) in [6.45, 7) is 0. The van der Waals surface area contributed by atoms with Gasteiger partial charge in [0.15, 0.2) is 0 Å². The second-order valence-corrected chi connectivity index (χ2v) is 5.50. The van der Waals surface area contributed by atoms with Crippen LogP contribution in [0.1, 0.15) is 0 Å². The van der Waals surface area contributed by atoms with E-state index < -0.39 is 0 Å². The number of nitrogen functional groups attached to an aromatic ring is 1. The van der Waals surface area contributed by atoms with Gasteiger partial charge in [0.2, 0.25) is 0 Å². The van der Waals surface area contributed by atoms with E-state index in [1.165, 1.54) is 19.9 Å². The molecular formula is C16H12IN. The highest BCUT2D eigenvalue weighted by Gasteiger charge is 2.07. The van der Waals surface area contributed by atoms with Gasteiger partial charge in [-0.05, 0) is 57.1 Å². The molecule has 0 radical (unpaired) electrons. The molecule has 0 aromatic heterocycles. The fourth-order valence-corrected chi connectivity index (χ4v) is 2.59. The molecule has 0 atom stereocenters. The first-order chi connectivity index (χ1) is 8.75. The third-order valence-corrected chi connectivity index (χ3v) is 3.81. The van der Waals surface area contributed by atoms with Gasteiger partial charge < -0.3 is 5.73 Å². The van der Waals surface area contributed by atoms with E-state index in [1.807, 2.05) is 6.07 Å². The maximum atomic E-state index is 6.15. The number of halogens is 1. The second-order valence-electron chi connectivity index (χ2n) is 4.26. The van der Waals surface area contributed by atoms with Crippen molar-refractivity contribution in [3.05, 3.63) is 64.2 Å². The molecule has 0 aliphatic carbocycles. The Morgan fingerprint density at radius 1 is 0.778 bits per heavy atom. The standard InChI is InChI=1S/C16H12IN/c17-13-8-5-12(6-9-13)16-14-4-2-1-3-11(14)7-10-15(16)18/h1-10H,18H2. The van der Waals surface area contributed by atoms with Crippen molar-refractivity contribution in [1.82, 2.24) is 0 Å². The molecule has 2 N–H and O–H groups in total. The molecule has 88 valence electrons. The monoisotopic (exact) mass is 345 g/mol. The molecule has 3 rings (SSSR count). The lowest BCUT2D eigenvalue weighted by Gasteiger charge is -2.10. The molecule has 0 aliphatic rings. The quantitative estimate of drug-likeness (QED) is 0.502. The Bertz CT molecular complexity index is 702. The maximum Gasteiger partial charge on any atom is 0.0400 e. The molecule has 18 heavy (non-hydrogen) atoms. The van der Waals surface area contributed by atoms with Gasteiger partial charge in [-0.2, -0.15) is 0 Å². The number of anilines is 1. The fourth-order valence-electron chi connectivity index (χ4n) is 2.23. The zero-order valence-electron chi connectivity index (χ0n) is 9.73. The van der Waals surface area contributed by atoms with Crippen molar-refractivity contribution >= 4 is 39.1 Å². The van der Waals surface area contributed by atoms with E-state index in [0.29, 0.717) is 0 Å². The zero-order valence-corrected chi connectivity index (χ0v) is 11.9. The highest BCUT2D eigenvalue weighted by Crippen LogP contribution is 2.33. The van der Waals surface area contributed by atoms with Crippen LogP contribution < -0.4 is 5.73 Å².